The molecule has 1 heterocycles. The Morgan fingerprint density at radius 2 is 1.59 bits per heavy atom. The molecule has 0 saturated heterocycles. The summed E-state index contributed by atoms with van der Waals surface area (Å²) in [6.45, 7) is 0. The summed E-state index contributed by atoms with van der Waals surface area (Å²) in [5.74, 6) is 0. The Labute approximate surface area is 137 Å². The first-order chi connectivity index (χ1) is 10.9. The molecule has 1 nitrogen and oxygen atoms in total. The largest absolute Gasteiger partial charge is 0.505 e. The maximum atomic E-state index is 11.6. The van der Waals surface area contributed by atoms with Crippen LogP contribution in [0.5, 0.6) is 0 Å². The molecule has 0 aliphatic carbocycles. The van der Waals surface area contributed by atoms with Crippen LogP contribution < -0.4 is 0 Å². The van der Waals surface area contributed by atoms with Gasteiger partial charge in [-0.15, -0.1) is 0 Å². The van der Waals surface area contributed by atoms with E-state index in [0.29, 0.717) is 11.7 Å². The Bertz CT molecular complexity index is 857. The van der Waals surface area contributed by atoms with Gasteiger partial charge in [0.2, 0.25) is 0 Å². The van der Waals surface area contributed by atoms with Gasteiger partial charge in [0.15, 0.2) is 0 Å². The Hall–Kier alpha value is -1.97. The molecule has 0 spiro atoms. The molecule has 0 aromatic heterocycles. The van der Waals surface area contributed by atoms with Crippen LogP contribution in [0.25, 0.3) is 11.1 Å². The van der Waals surface area contributed by atoms with E-state index in [-0.39, 0.29) is 0 Å². The first-order valence-corrected chi connectivity index (χ1v) is 8.69. The average Bonchev–Trinajstić information content (AvgIpc) is 2.59. The molecule has 0 N–H and O–H groups in total. The molecule has 4 rings (SSSR count). The van der Waals surface area contributed by atoms with Crippen LogP contribution in [0.2, 0.25) is 0 Å². The van der Waals surface area contributed by atoms with E-state index in [1.807, 2.05) is 24.3 Å². The zero-order chi connectivity index (χ0) is 14.9. The van der Waals surface area contributed by atoms with Crippen molar-refractivity contribution >= 4 is 23.4 Å². The number of rotatable bonds is 2. The lowest BCUT2D eigenvalue weighted by atomic mass is 9.94. The van der Waals surface area contributed by atoms with Crippen LogP contribution in [0, 0.1) is 0 Å². The Balaban J connectivity index is 1.94. The molecular formula is C19H13OS2+. The third-order valence-electron chi connectivity index (χ3n) is 3.94. The van der Waals surface area contributed by atoms with Crippen molar-refractivity contribution < 1.29 is 4.21 Å². The van der Waals surface area contributed by atoms with Crippen LogP contribution in [0.3, 0.4) is 0 Å². The smallest absolute Gasteiger partial charge is 0.0895 e. The fraction of sp³-hybridized carbons (Fsp3) is 0.0526. The highest BCUT2D eigenvalue weighted by molar-refractivity contribution is 7.99. The highest BCUT2D eigenvalue weighted by Gasteiger charge is 2.26. The zero-order valence-corrected chi connectivity index (χ0v) is 13.4. The van der Waals surface area contributed by atoms with Crippen molar-refractivity contribution in [2.75, 3.05) is 0 Å². The molecule has 1 aliphatic rings. The van der Waals surface area contributed by atoms with Gasteiger partial charge in [0.25, 0.3) is 4.90 Å². The van der Waals surface area contributed by atoms with Gasteiger partial charge in [0.05, 0.1) is 5.56 Å². The highest BCUT2D eigenvalue weighted by Crippen LogP contribution is 2.44. The lowest BCUT2D eigenvalue weighted by molar-refractivity contribution is 0.605. The van der Waals surface area contributed by atoms with E-state index in [1.165, 1.54) is 20.9 Å². The fourth-order valence-electron chi connectivity index (χ4n) is 2.93. The lowest BCUT2D eigenvalue weighted by Gasteiger charge is -2.21. The maximum Gasteiger partial charge on any atom is 0.505 e. The van der Waals surface area contributed by atoms with Crippen LogP contribution in [0.4, 0.5) is 0 Å². The SMILES string of the molecule is O=[S+]c1ccc2c(c1-c1ccccc1)Cc1ccccc1S2. The van der Waals surface area contributed by atoms with Gasteiger partial charge in [0.1, 0.15) is 0 Å². The van der Waals surface area contributed by atoms with Gasteiger partial charge in [-0.2, -0.15) is 0 Å². The van der Waals surface area contributed by atoms with Gasteiger partial charge in [-0.3, -0.25) is 0 Å². The molecule has 0 radical (unpaired) electrons. The van der Waals surface area contributed by atoms with Crippen LogP contribution in [0.15, 0.2) is 81.4 Å². The van der Waals surface area contributed by atoms with Gasteiger partial charge < -0.3 is 0 Å². The number of benzene rings is 3. The molecule has 0 unspecified atom stereocenters. The predicted molar refractivity (Wildman–Crippen MR) is 91.6 cm³/mol. The van der Waals surface area contributed by atoms with Crippen molar-refractivity contribution in [1.29, 1.82) is 0 Å². The van der Waals surface area contributed by atoms with E-state index in [4.69, 9.17) is 0 Å². The van der Waals surface area contributed by atoms with Crippen molar-refractivity contribution in [3.8, 4) is 11.1 Å². The molecule has 106 valence electrons. The van der Waals surface area contributed by atoms with Crippen LogP contribution in [-0.2, 0) is 22.3 Å². The standard InChI is InChI=1S/C19H13OS2/c20-22-18-11-10-17-15(19(18)13-6-2-1-3-7-13)12-14-8-4-5-9-16(14)21-17/h1-11H,12H2/q+1. The Morgan fingerprint density at radius 3 is 2.41 bits per heavy atom. The van der Waals surface area contributed by atoms with E-state index in [0.717, 1.165) is 22.4 Å². The highest BCUT2D eigenvalue weighted by atomic mass is 32.2. The van der Waals surface area contributed by atoms with Gasteiger partial charge in [-0.05, 0) is 28.8 Å². The molecular weight excluding hydrogens is 308 g/mol. The van der Waals surface area contributed by atoms with E-state index in [2.05, 4.69) is 42.5 Å². The monoisotopic (exact) mass is 321 g/mol. The molecule has 0 fully saturated rings. The van der Waals surface area contributed by atoms with E-state index >= 15 is 0 Å². The average molecular weight is 321 g/mol. The zero-order valence-electron chi connectivity index (χ0n) is 11.8. The van der Waals surface area contributed by atoms with Gasteiger partial charge in [-0.1, -0.05) is 60.3 Å². The second-order valence-electron chi connectivity index (χ2n) is 5.25. The number of fused-ring (bicyclic) bond motifs is 2. The van der Waals surface area contributed by atoms with E-state index in [9.17, 15) is 4.21 Å². The summed E-state index contributed by atoms with van der Waals surface area (Å²) in [7, 11) is 0. The normalized spacial score (nSPS) is 12.4. The van der Waals surface area contributed by atoms with Crippen molar-refractivity contribution in [3.63, 3.8) is 0 Å². The quantitative estimate of drug-likeness (QED) is 0.472. The molecule has 3 aromatic carbocycles. The minimum absolute atomic E-state index is 0.585. The molecule has 0 bridgehead atoms. The summed E-state index contributed by atoms with van der Waals surface area (Å²) in [6, 6.07) is 22.8. The molecule has 0 atom stereocenters. The van der Waals surface area contributed by atoms with E-state index < -0.39 is 0 Å². The second kappa shape index (κ2) is 5.67. The summed E-state index contributed by atoms with van der Waals surface area (Å²) in [4.78, 5) is 3.39. The lowest BCUT2D eigenvalue weighted by Crippen LogP contribution is -2.03. The van der Waals surface area contributed by atoms with Crippen LogP contribution >= 0.6 is 11.8 Å². The third kappa shape index (κ3) is 2.27. The first kappa shape index (κ1) is 13.7. The Morgan fingerprint density at radius 1 is 0.818 bits per heavy atom. The summed E-state index contributed by atoms with van der Waals surface area (Å²) in [5.41, 5.74) is 4.83. The third-order valence-corrected chi connectivity index (χ3v) is 5.68. The molecule has 3 heteroatoms. The van der Waals surface area contributed by atoms with Crippen molar-refractivity contribution in [3.05, 3.63) is 77.9 Å². The summed E-state index contributed by atoms with van der Waals surface area (Å²) in [5, 5.41) is 0. The topological polar surface area (TPSA) is 17.1 Å². The molecule has 22 heavy (non-hydrogen) atoms. The summed E-state index contributed by atoms with van der Waals surface area (Å²) in [6.07, 6.45) is 0.886. The van der Waals surface area contributed by atoms with Gasteiger partial charge in [0, 0.05) is 26.5 Å². The molecule has 3 aromatic rings. The summed E-state index contributed by atoms with van der Waals surface area (Å²) >= 11 is 2.38. The predicted octanol–water partition coefficient (Wildman–Crippen LogP) is 5.20. The van der Waals surface area contributed by atoms with E-state index in [1.54, 1.807) is 11.8 Å². The Kier molecular flexibility index (Phi) is 3.53. The van der Waals surface area contributed by atoms with Gasteiger partial charge in [-0.25, -0.2) is 0 Å². The van der Waals surface area contributed by atoms with Gasteiger partial charge >= 0.3 is 11.7 Å². The first-order valence-electron chi connectivity index (χ1n) is 7.13. The fourth-order valence-corrected chi connectivity index (χ4v) is 4.46. The van der Waals surface area contributed by atoms with Crippen molar-refractivity contribution in [1.82, 2.24) is 0 Å². The maximum absolute atomic E-state index is 11.6. The number of hydrogen-bond acceptors (Lipinski definition) is 2. The van der Waals surface area contributed by atoms with Crippen LogP contribution in [-0.4, -0.2) is 0 Å². The molecule has 0 saturated carbocycles. The molecule has 0 amide bonds. The minimum Gasteiger partial charge on any atom is -0.0895 e. The van der Waals surface area contributed by atoms with Crippen molar-refractivity contribution in [2.45, 2.75) is 21.1 Å². The van der Waals surface area contributed by atoms with Crippen LogP contribution in [0.1, 0.15) is 11.1 Å². The second-order valence-corrected chi connectivity index (χ2v) is 6.94. The summed E-state index contributed by atoms with van der Waals surface area (Å²) < 4.78 is 11.6. The van der Waals surface area contributed by atoms with Crippen molar-refractivity contribution in [2.24, 2.45) is 0 Å². The minimum atomic E-state index is 0.585. The molecule has 1 aliphatic heterocycles. The number of hydrogen-bond donors (Lipinski definition) is 0.